The molecule has 362 valence electrons. The van der Waals surface area contributed by atoms with Crippen molar-refractivity contribution in [2.45, 2.75) is 48.5 Å². The van der Waals surface area contributed by atoms with E-state index in [4.69, 9.17) is 4.42 Å². The molecule has 1 N–H and O–H groups in total. The predicted octanol–water partition coefficient (Wildman–Crippen LogP) is 20.3. The summed E-state index contributed by atoms with van der Waals surface area (Å²) in [6, 6.07) is 74.3. The third kappa shape index (κ3) is 7.42. The molecule has 0 saturated heterocycles. The minimum atomic E-state index is 0.222. The van der Waals surface area contributed by atoms with Crippen LogP contribution in [0.2, 0.25) is 0 Å². The van der Waals surface area contributed by atoms with Crippen LogP contribution >= 0.6 is 0 Å². The Kier molecular flexibility index (Phi) is 10.9. The lowest BCUT2D eigenvalue weighted by Crippen LogP contribution is -2.13. The summed E-state index contributed by atoms with van der Waals surface area (Å²) in [6.07, 6.45) is 0. The SMILES string of the molecule is Cc1ccc(C)c(N(c2cccc(-c3cccc(-c4c(C)cccc4C)c3)c2O)c2ccc3ccc4c(N(c5cc(C)ccc5C)c5cccc6c5oc5c(-c7ccccc7C)cccc56)ccc5ccc2c3c54)c1. The zero-order valence-corrected chi connectivity index (χ0v) is 43.4. The van der Waals surface area contributed by atoms with Crippen LogP contribution in [0.3, 0.4) is 0 Å². The molecule has 0 bridgehead atoms. The van der Waals surface area contributed by atoms with Crippen LogP contribution in [0.5, 0.6) is 5.75 Å². The average molecular weight is 969 g/mol. The lowest BCUT2D eigenvalue weighted by molar-refractivity contribution is 0.478. The number of benzene rings is 12. The number of aromatic hydroxyl groups is 1. The van der Waals surface area contributed by atoms with E-state index in [1.165, 1.54) is 44.2 Å². The maximum absolute atomic E-state index is 12.8. The second-order valence-corrected chi connectivity index (χ2v) is 20.6. The number of aryl methyl sites for hydroxylation is 7. The third-order valence-electron chi connectivity index (χ3n) is 15.7. The minimum Gasteiger partial charge on any atom is -0.505 e. The first-order valence-corrected chi connectivity index (χ1v) is 26.0. The molecule has 0 radical (unpaired) electrons. The van der Waals surface area contributed by atoms with Crippen LogP contribution in [0.25, 0.3) is 87.6 Å². The normalized spacial score (nSPS) is 11.7. The summed E-state index contributed by atoms with van der Waals surface area (Å²) in [4.78, 5) is 4.70. The molecule has 4 heteroatoms. The van der Waals surface area contributed by atoms with Crippen molar-refractivity contribution in [3.63, 3.8) is 0 Å². The fraction of sp³-hybridized carbons (Fsp3) is 0.0986. The van der Waals surface area contributed by atoms with E-state index in [-0.39, 0.29) is 5.75 Å². The van der Waals surface area contributed by atoms with Crippen molar-refractivity contribution in [2.24, 2.45) is 0 Å². The van der Waals surface area contributed by atoms with Crippen LogP contribution in [0.4, 0.5) is 34.1 Å². The lowest BCUT2D eigenvalue weighted by Gasteiger charge is -2.31. The van der Waals surface area contributed by atoms with Crippen LogP contribution in [-0.4, -0.2) is 5.11 Å². The van der Waals surface area contributed by atoms with Gasteiger partial charge in [-0.1, -0.05) is 164 Å². The highest BCUT2D eigenvalue weighted by molar-refractivity contribution is 6.28. The quantitative estimate of drug-likeness (QED) is 0.146. The topological polar surface area (TPSA) is 39.9 Å². The van der Waals surface area contributed by atoms with Gasteiger partial charge in [-0.2, -0.15) is 0 Å². The van der Waals surface area contributed by atoms with E-state index in [9.17, 15) is 5.11 Å². The number of phenols is 1. The standard InChI is InChI=1S/C71H56N2O2/c1-42-27-29-45(4)64(39-42)72(62-25-13-21-54(69(62)74)51-18-11-19-52(41-51)66-47(6)16-10-17-48(66)7)60-37-33-49-32-36-59-61(38-34-50-31-35-58(60)67(49)68(50)59)73(65-40-43(2)28-30-46(65)5)63-26-14-24-57-56-23-12-22-55(70(56)75-71(57)63)53-20-9-8-15-44(53)3/h8-41,74H,1-7H3. The molecule has 4 nitrogen and oxygen atoms in total. The summed E-state index contributed by atoms with van der Waals surface area (Å²) in [5, 5.41) is 21.8. The molecule has 0 aliphatic heterocycles. The lowest BCUT2D eigenvalue weighted by atomic mass is 9.91. The monoisotopic (exact) mass is 968 g/mol. The van der Waals surface area contributed by atoms with Crippen molar-refractivity contribution in [1.29, 1.82) is 0 Å². The molecular weight excluding hydrogens is 913 g/mol. The van der Waals surface area contributed by atoms with Crippen molar-refractivity contribution in [3.05, 3.63) is 245 Å². The number of hydrogen-bond donors (Lipinski definition) is 1. The number of fused-ring (bicyclic) bond motifs is 3. The summed E-state index contributed by atoms with van der Waals surface area (Å²) in [5.41, 5.74) is 22.1. The average Bonchev–Trinajstić information content (AvgIpc) is 3.88. The zero-order chi connectivity index (χ0) is 51.2. The van der Waals surface area contributed by atoms with Gasteiger partial charge in [0.2, 0.25) is 0 Å². The molecule has 0 spiro atoms. The van der Waals surface area contributed by atoms with Crippen LogP contribution in [0.1, 0.15) is 38.9 Å². The Morgan fingerprint density at radius 3 is 1.47 bits per heavy atom. The minimum absolute atomic E-state index is 0.222. The molecule has 13 aromatic rings. The summed E-state index contributed by atoms with van der Waals surface area (Å²) in [7, 11) is 0. The molecule has 1 heterocycles. The molecular formula is C71H56N2O2. The molecule has 0 unspecified atom stereocenters. The Hall–Kier alpha value is -9.12. The van der Waals surface area contributed by atoms with Crippen molar-refractivity contribution in [3.8, 4) is 39.1 Å². The van der Waals surface area contributed by atoms with Gasteiger partial charge in [-0.3, -0.25) is 0 Å². The Balaban J connectivity index is 1.04. The van der Waals surface area contributed by atoms with Gasteiger partial charge in [0.15, 0.2) is 5.58 Å². The maximum Gasteiger partial charge on any atom is 0.159 e. The number of hydrogen-bond acceptors (Lipinski definition) is 4. The van der Waals surface area contributed by atoms with E-state index >= 15 is 0 Å². The molecule has 13 rings (SSSR count). The highest BCUT2D eigenvalue weighted by atomic mass is 16.3. The number of furan rings is 1. The van der Waals surface area contributed by atoms with Gasteiger partial charge in [0.1, 0.15) is 11.3 Å². The molecule has 0 aliphatic carbocycles. The van der Waals surface area contributed by atoms with Crippen LogP contribution in [0.15, 0.2) is 211 Å². The Morgan fingerprint density at radius 1 is 0.320 bits per heavy atom. The molecule has 12 aromatic carbocycles. The highest BCUT2D eigenvalue weighted by Gasteiger charge is 2.27. The van der Waals surface area contributed by atoms with Crippen molar-refractivity contribution >= 4 is 88.4 Å². The van der Waals surface area contributed by atoms with Crippen molar-refractivity contribution in [2.75, 3.05) is 9.80 Å². The van der Waals surface area contributed by atoms with E-state index in [2.05, 4.69) is 258 Å². The van der Waals surface area contributed by atoms with Crippen LogP contribution < -0.4 is 9.80 Å². The van der Waals surface area contributed by atoms with Gasteiger partial charge in [-0.15, -0.1) is 0 Å². The first-order valence-electron chi connectivity index (χ1n) is 26.0. The van der Waals surface area contributed by atoms with E-state index in [1.807, 2.05) is 6.07 Å². The summed E-state index contributed by atoms with van der Waals surface area (Å²) in [5.74, 6) is 0.222. The Morgan fingerprint density at radius 2 is 0.813 bits per heavy atom. The van der Waals surface area contributed by atoms with Gasteiger partial charge in [0, 0.05) is 44.0 Å². The van der Waals surface area contributed by atoms with Gasteiger partial charge >= 0.3 is 0 Å². The first-order chi connectivity index (χ1) is 36.5. The summed E-state index contributed by atoms with van der Waals surface area (Å²) in [6.45, 7) is 15.2. The second-order valence-electron chi connectivity index (χ2n) is 20.6. The van der Waals surface area contributed by atoms with Crippen LogP contribution in [-0.2, 0) is 0 Å². The van der Waals surface area contributed by atoms with Gasteiger partial charge < -0.3 is 19.3 Å². The number of nitrogens with zero attached hydrogens (tertiary/aromatic N) is 2. The molecule has 0 amide bonds. The van der Waals surface area contributed by atoms with E-state index < -0.39 is 0 Å². The van der Waals surface area contributed by atoms with E-state index in [0.29, 0.717) is 5.69 Å². The maximum atomic E-state index is 12.8. The number of phenolic OH excluding ortho intramolecular Hbond substituents is 1. The summed E-state index contributed by atoms with van der Waals surface area (Å²) < 4.78 is 7.20. The van der Waals surface area contributed by atoms with E-state index in [0.717, 1.165) is 111 Å². The molecule has 0 fully saturated rings. The molecule has 0 saturated carbocycles. The van der Waals surface area contributed by atoms with Crippen molar-refractivity contribution < 1.29 is 9.52 Å². The number of para-hydroxylation sites is 3. The van der Waals surface area contributed by atoms with Gasteiger partial charge in [-0.05, 0) is 174 Å². The molecule has 0 aliphatic rings. The number of rotatable bonds is 9. The zero-order valence-electron chi connectivity index (χ0n) is 43.4. The largest absolute Gasteiger partial charge is 0.505 e. The van der Waals surface area contributed by atoms with Gasteiger partial charge in [-0.25, -0.2) is 0 Å². The molecule has 0 atom stereocenters. The van der Waals surface area contributed by atoms with Gasteiger partial charge in [0.25, 0.3) is 0 Å². The smallest absolute Gasteiger partial charge is 0.159 e. The van der Waals surface area contributed by atoms with E-state index in [1.54, 1.807) is 0 Å². The Bertz CT molecular complexity index is 4400. The predicted molar refractivity (Wildman–Crippen MR) is 318 cm³/mol. The third-order valence-corrected chi connectivity index (χ3v) is 15.7. The van der Waals surface area contributed by atoms with Crippen LogP contribution in [0, 0.1) is 48.5 Å². The molecule has 75 heavy (non-hydrogen) atoms. The Labute approximate surface area is 438 Å². The second kappa shape index (κ2) is 17.8. The summed E-state index contributed by atoms with van der Waals surface area (Å²) >= 11 is 0. The van der Waals surface area contributed by atoms with Crippen molar-refractivity contribution in [1.82, 2.24) is 0 Å². The fourth-order valence-corrected chi connectivity index (χ4v) is 12.0. The highest BCUT2D eigenvalue weighted by Crippen LogP contribution is 2.52. The molecule has 1 aromatic heterocycles. The first kappa shape index (κ1) is 45.7. The number of anilines is 6. The fourth-order valence-electron chi connectivity index (χ4n) is 12.0. The van der Waals surface area contributed by atoms with Gasteiger partial charge in [0.05, 0.1) is 22.7 Å².